The van der Waals surface area contributed by atoms with E-state index in [0.29, 0.717) is 42.9 Å². The number of nitrogens with one attached hydrogen (secondary N) is 1. The van der Waals surface area contributed by atoms with Gasteiger partial charge in [0.2, 0.25) is 5.88 Å². The Morgan fingerprint density at radius 1 is 1.02 bits per heavy atom. The Bertz CT molecular complexity index is 1650. The van der Waals surface area contributed by atoms with E-state index in [1.54, 1.807) is 7.11 Å². The Morgan fingerprint density at radius 2 is 1.80 bits per heavy atom. The van der Waals surface area contributed by atoms with Gasteiger partial charge in [-0.05, 0) is 68.8 Å². The number of para-hydroxylation sites is 1. The van der Waals surface area contributed by atoms with Crippen LogP contribution >= 0.6 is 11.8 Å². The maximum atomic E-state index is 12.5. The number of ether oxygens (including phenoxy) is 5. The highest BCUT2D eigenvalue weighted by atomic mass is 32.2. The summed E-state index contributed by atoms with van der Waals surface area (Å²) in [5, 5.41) is 2.88. The number of benzene rings is 3. The number of hydrogen-bond acceptors (Lipinski definition) is 9. The third-order valence-electron chi connectivity index (χ3n) is 7.00. The van der Waals surface area contributed by atoms with Crippen molar-refractivity contribution in [2.45, 2.75) is 42.8 Å². The van der Waals surface area contributed by atoms with Gasteiger partial charge < -0.3 is 28.6 Å². The fourth-order valence-corrected chi connectivity index (χ4v) is 5.97. The fourth-order valence-electron chi connectivity index (χ4n) is 4.92. The summed E-state index contributed by atoms with van der Waals surface area (Å²) in [4.78, 5) is 21.5. The van der Waals surface area contributed by atoms with E-state index < -0.39 is 11.7 Å². The molecule has 3 heterocycles. The summed E-state index contributed by atoms with van der Waals surface area (Å²) in [5.74, 6) is 2.66. The van der Waals surface area contributed by atoms with Crippen LogP contribution in [0.4, 0.5) is 16.2 Å². The molecule has 0 radical (unpaired) electrons. The quantitative estimate of drug-likeness (QED) is 0.198. The minimum Gasteiger partial charge on any atom is -0.497 e. The van der Waals surface area contributed by atoms with Crippen molar-refractivity contribution in [1.82, 2.24) is 4.98 Å². The number of aromatic nitrogens is 1. The minimum absolute atomic E-state index is 0.364. The monoisotopic (exact) mass is 613 g/mol. The number of pyridine rings is 1. The molecule has 0 atom stereocenters. The highest BCUT2D eigenvalue weighted by Crippen LogP contribution is 2.53. The third-order valence-corrected chi connectivity index (χ3v) is 8.17. The molecular formula is C34H35N3O6S. The maximum Gasteiger partial charge on any atom is 0.412 e. The van der Waals surface area contributed by atoms with Crippen LogP contribution in [0.25, 0.3) is 11.3 Å². The van der Waals surface area contributed by atoms with Gasteiger partial charge in [0, 0.05) is 30.4 Å². The van der Waals surface area contributed by atoms with Crippen LogP contribution in [0.15, 0.2) is 82.6 Å². The lowest BCUT2D eigenvalue weighted by molar-refractivity contribution is 0.0635. The molecule has 6 rings (SSSR count). The van der Waals surface area contributed by atoms with Gasteiger partial charge >= 0.3 is 6.09 Å². The lowest BCUT2D eigenvalue weighted by Gasteiger charge is -2.29. The zero-order chi connectivity index (χ0) is 30.7. The number of rotatable bonds is 7. The Labute approximate surface area is 261 Å². The van der Waals surface area contributed by atoms with E-state index in [2.05, 4.69) is 16.3 Å². The van der Waals surface area contributed by atoms with E-state index in [1.165, 1.54) is 11.8 Å². The van der Waals surface area contributed by atoms with Gasteiger partial charge in [0.15, 0.2) is 5.75 Å². The van der Waals surface area contributed by atoms with Crippen LogP contribution in [0.2, 0.25) is 0 Å². The van der Waals surface area contributed by atoms with Crippen LogP contribution in [0.3, 0.4) is 0 Å². The van der Waals surface area contributed by atoms with E-state index in [0.717, 1.165) is 51.1 Å². The molecule has 4 aromatic rings. The molecule has 1 aromatic heterocycles. The van der Waals surface area contributed by atoms with Crippen molar-refractivity contribution in [3.8, 4) is 34.4 Å². The van der Waals surface area contributed by atoms with E-state index in [4.69, 9.17) is 28.7 Å². The molecule has 3 aromatic carbocycles. The first-order valence-electron chi connectivity index (χ1n) is 14.5. The second-order valence-electron chi connectivity index (χ2n) is 11.4. The summed E-state index contributed by atoms with van der Waals surface area (Å²) in [6.45, 7) is 8.75. The first-order valence-corrected chi connectivity index (χ1v) is 15.3. The molecule has 10 heteroatoms. The molecule has 0 saturated carbocycles. The van der Waals surface area contributed by atoms with Gasteiger partial charge in [-0.2, -0.15) is 0 Å². The normalized spacial score (nSPS) is 14.1. The Morgan fingerprint density at radius 3 is 2.55 bits per heavy atom. The average Bonchev–Trinajstić information content (AvgIpc) is 3.02. The number of amides is 1. The van der Waals surface area contributed by atoms with Gasteiger partial charge in [-0.25, -0.2) is 9.78 Å². The Hall–Kier alpha value is -4.41. The largest absolute Gasteiger partial charge is 0.497 e. The van der Waals surface area contributed by atoms with Crippen LogP contribution in [-0.2, 0) is 16.1 Å². The minimum atomic E-state index is -0.607. The summed E-state index contributed by atoms with van der Waals surface area (Å²) in [5.41, 5.74) is 3.62. The fraction of sp³-hybridized carbons (Fsp3) is 0.294. The number of carbonyl (C=O) groups is 1. The molecule has 0 spiro atoms. The zero-order valence-corrected chi connectivity index (χ0v) is 26.0. The standard InChI is InChI=1S/C34H35N3O6S/c1-34(2,3)43-33(38)36-26-8-6-9-28-32(26)44-29-10-5-7-25(31(29)42-28)27-19-23(37-15-17-40-18-16-37)20-30(35-27)41-21-22-11-13-24(39-4)14-12-22/h5-14,19-20H,15-18,21H2,1-4H3,(H,36,38). The molecule has 1 saturated heterocycles. The average molecular weight is 614 g/mol. The first-order chi connectivity index (χ1) is 21.3. The predicted octanol–water partition coefficient (Wildman–Crippen LogP) is 7.78. The topological polar surface area (TPSA) is 91.4 Å². The van der Waals surface area contributed by atoms with E-state index in [-0.39, 0.29) is 0 Å². The van der Waals surface area contributed by atoms with Gasteiger partial charge in [0.05, 0.1) is 41.5 Å². The molecular weight excluding hydrogens is 578 g/mol. The smallest absolute Gasteiger partial charge is 0.412 e. The van der Waals surface area contributed by atoms with Crippen LogP contribution in [0.5, 0.6) is 23.1 Å². The highest BCUT2D eigenvalue weighted by molar-refractivity contribution is 7.99. The van der Waals surface area contributed by atoms with Gasteiger partial charge in [-0.3, -0.25) is 5.32 Å². The molecule has 228 valence electrons. The SMILES string of the molecule is COc1ccc(COc2cc(N3CCOCC3)cc(-c3cccc4c3Oc3cccc(NC(=O)OC(C)(C)C)c3S4)n2)cc1. The summed E-state index contributed by atoms with van der Waals surface area (Å²) in [6.07, 6.45) is -0.516. The van der Waals surface area contributed by atoms with E-state index in [1.807, 2.05) is 87.5 Å². The molecule has 1 amide bonds. The van der Waals surface area contributed by atoms with E-state index >= 15 is 0 Å². The highest BCUT2D eigenvalue weighted by Gasteiger charge is 2.26. The molecule has 9 nitrogen and oxygen atoms in total. The predicted molar refractivity (Wildman–Crippen MR) is 171 cm³/mol. The van der Waals surface area contributed by atoms with Crippen molar-refractivity contribution in [3.63, 3.8) is 0 Å². The molecule has 2 aliphatic heterocycles. The van der Waals surface area contributed by atoms with Crippen molar-refractivity contribution < 1.29 is 28.5 Å². The van der Waals surface area contributed by atoms with Crippen molar-refractivity contribution >= 4 is 29.2 Å². The Kier molecular flexibility index (Phi) is 8.54. The summed E-state index contributed by atoms with van der Waals surface area (Å²) in [6, 6.07) is 23.4. The molecule has 0 aliphatic carbocycles. The second kappa shape index (κ2) is 12.7. The number of nitrogens with zero attached hydrogens (tertiary/aromatic N) is 2. The van der Waals surface area contributed by atoms with Crippen molar-refractivity contribution in [2.24, 2.45) is 0 Å². The van der Waals surface area contributed by atoms with E-state index in [9.17, 15) is 4.79 Å². The third kappa shape index (κ3) is 6.87. The van der Waals surface area contributed by atoms with Crippen LogP contribution < -0.4 is 24.4 Å². The number of hydrogen-bond donors (Lipinski definition) is 1. The lowest BCUT2D eigenvalue weighted by atomic mass is 10.1. The maximum absolute atomic E-state index is 12.5. The number of carbonyl (C=O) groups excluding carboxylic acids is 1. The van der Waals surface area contributed by atoms with Crippen molar-refractivity contribution in [1.29, 1.82) is 0 Å². The molecule has 0 bridgehead atoms. The number of fused-ring (bicyclic) bond motifs is 2. The van der Waals surface area contributed by atoms with Crippen LogP contribution in [0, 0.1) is 0 Å². The van der Waals surface area contributed by atoms with Crippen LogP contribution in [0.1, 0.15) is 26.3 Å². The second-order valence-corrected chi connectivity index (χ2v) is 12.4. The summed E-state index contributed by atoms with van der Waals surface area (Å²) >= 11 is 1.53. The summed E-state index contributed by atoms with van der Waals surface area (Å²) in [7, 11) is 1.65. The van der Waals surface area contributed by atoms with Crippen molar-refractivity contribution in [3.05, 3.63) is 78.4 Å². The molecule has 0 unspecified atom stereocenters. The van der Waals surface area contributed by atoms with Gasteiger partial charge in [-0.1, -0.05) is 36.0 Å². The number of morpholine rings is 1. The zero-order valence-electron chi connectivity index (χ0n) is 25.2. The van der Waals surface area contributed by atoms with Crippen molar-refractivity contribution in [2.75, 3.05) is 43.6 Å². The van der Waals surface area contributed by atoms with Gasteiger partial charge in [0.25, 0.3) is 0 Å². The first kappa shape index (κ1) is 29.7. The molecule has 1 fully saturated rings. The van der Waals surface area contributed by atoms with Gasteiger partial charge in [-0.15, -0.1) is 0 Å². The van der Waals surface area contributed by atoms with Gasteiger partial charge in [0.1, 0.15) is 23.7 Å². The van der Waals surface area contributed by atoms with Crippen LogP contribution in [-0.4, -0.2) is 50.1 Å². The molecule has 44 heavy (non-hydrogen) atoms. The number of methoxy groups -OCH3 is 1. The lowest BCUT2D eigenvalue weighted by Crippen LogP contribution is -2.36. The molecule has 2 aliphatic rings. The summed E-state index contributed by atoms with van der Waals surface area (Å²) < 4.78 is 29.1. The molecule has 1 N–H and O–H groups in total. The number of anilines is 2. The Balaban J connectivity index is 1.31.